The second-order valence-corrected chi connectivity index (χ2v) is 7.16. The van der Waals surface area contributed by atoms with Gasteiger partial charge >= 0.3 is 0 Å². The van der Waals surface area contributed by atoms with E-state index in [0.717, 1.165) is 0 Å². The highest BCUT2D eigenvalue weighted by atomic mass is 35.5. The van der Waals surface area contributed by atoms with Crippen molar-refractivity contribution in [2.75, 3.05) is 26.0 Å². The van der Waals surface area contributed by atoms with Crippen molar-refractivity contribution in [2.45, 2.75) is 23.5 Å². The van der Waals surface area contributed by atoms with E-state index in [9.17, 15) is 13.2 Å². The maximum absolute atomic E-state index is 12.4. The van der Waals surface area contributed by atoms with Gasteiger partial charge in [-0.3, -0.25) is 4.79 Å². The SMILES string of the molecule is COCCCNC(=O)C(C)S(=O)(=O)c1ccc(N)cc1Cl. The van der Waals surface area contributed by atoms with Gasteiger partial charge in [-0.25, -0.2) is 8.42 Å². The van der Waals surface area contributed by atoms with E-state index in [1.165, 1.54) is 25.1 Å². The first-order chi connectivity index (χ1) is 9.80. The number of hydrogen-bond acceptors (Lipinski definition) is 5. The molecular weight excluding hydrogens is 316 g/mol. The van der Waals surface area contributed by atoms with Crippen molar-refractivity contribution in [3.63, 3.8) is 0 Å². The Morgan fingerprint density at radius 1 is 1.48 bits per heavy atom. The lowest BCUT2D eigenvalue weighted by atomic mass is 10.3. The summed E-state index contributed by atoms with van der Waals surface area (Å²) < 4.78 is 29.6. The van der Waals surface area contributed by atoms with Gasteiger partial charge in [-0.05, 0) is 31.5 Å². The van der Waals surface area contributed by atoms with E-state index >= 15 is 0 Å². The molecule has 3 N–H and O–H groups in total. The number of anilines is 1. The minimum Gasteiger partial charge on any atom is -0.399 e. The van der Waals surface area contributed by atoms with Crippen LogP contribution in [0.5, 0.6) is 0 Å². The molecule has 0 fully saturated rings. The lowest BCUT2D eigenvalue weighted by molar-refractivity contribution is -0.120. The van der Waals surface area contributed by atoms with Crippen LogP contribution in [0, 0.1) is 0 Å². The summed E-state index contributed by atoms with van der Waals surface area (Å²) in [4.78, 5) is 11.8. The van der Waals surface area contributed by atoms with E-state index in [0.29, 0.717) is 25.3 Å². The molecule has 0 saturated heterocycles. The number of nitrogens with one attached hydrogen (secondary N) is 1. The smallest absolute Gasteiger partial charge is 0.238 e. The molecule has 0 radical (unpaired) electrons. The van der Waals surface area contributed by atoms with E-state index in [1.807, 2.05) is 0 Å². The lowest BCUT2D eigenvalue weighted by Gasteiger charge is -2.14. The number of ether oxygens (including phenoxy) is 1. The number of nitrogens with two attached hydrogens (primary N) is 1. The van der Waals surface area contributed by atoms with E-state index in [2.05, 4.69) is 5.32 Å². The number of rotatable bonds is 7. The topological polar surface area (TPSA) is 98.5 Å². The summed E-state index contributed by atoms with van der Waals surface area (Å²) in [5.41, 5.74) is 5.89. The van der Waals surface area contributed by atoms with Gasteiger partial charge in [0.25, 0.3) is 0 Å². The van der Waals surface area contributed by atoms with Crippen LogP contribution in [-0.4, -0.2) is 39.8 Å². The number of halogens is 1. The van der Waals surface area contributed by atoms with Gasteiger partial charge in [-0.1, -0.05) is 11.6 Å². The highest BCUT2D eigenvalue weighted by Gasteiger charge is 2.31. The van der Waals surface area contributed by atoms with E-state index in [-0.39, 0.29) is 9.92 Å². The zero-order chi connectivity index (χ0) is 16.0. The van der Waals surface area contributed by atoms with Gasteiger partial charge in [0.05, 0.1) is 9.92 Å². The maximum Gasteiger partial charge on any atom is 0.238 e. The number of carbonyl (C=O) groups is 1. The van der Waals surface area contributed by atoms with Crippen molar-refractivity contribution in [1.82, 2.24) is 5.32 Å². The van der Waals surface area contributed by atoms with Crippen LogP contribution in [0.2, 0.25) is 5.02 Å². The van der Waals surface area contributed by atoms with E-state index in [1.54, 1.807) is 7.11 Å². The molecule has 1 aromatic carbocycles. The van der Waals surface area contributed by atoms with Crippen molar-refractivity contribution in [2.24, 2.45) is 0 Å². The Kier molecular flexibility index (Phi) is 6.44. The summed E-state index contributed by atoms with van der Waals surface area (Å²) in [6.07, 6.45) is 0.609. The number of benzene rings is 1. The third-order valence-corrected chi connectivity index (χ3v) is 5.46. The summed E-state index contributed by atoms with van der Waals surface area (Å²) in [6, 6.07) is 4.08. The van der Waals surface area contributed by atoms with Crippen LogP contribution in [-0.2, 0) is 19.4 Å². The number of amides is 1. The standard InChI is InChI=1S/C13H19ClN2O4S/c1-9(13(17)16-6-3-7-20-2)21(18,19)12-5-4-10(15)8-11(12)14/h4-5,8-9H,3,6-7,15H2,1-2H3,(H,16,17). The molecule has 0 heterocycles. The molecule has 21 heavy (non-hydrogen) atoms. The van der Waals surface area contributed by atoms with Crippen LogP contribution in [0.25, 0.3) is 0 Å². The maximum atomic E-state index is 12.4. The molecule has 6 nitrogen and oxygen atoms in total. The largest absolute Gasteiger partial charge is 0.399 e. The molecule has 0 saturated carbocycles. The first-order valence-corrected chi connectivity index (χ1v) is 8.28. The zero-order valence-electron chi connectivity index (χ0n) is 11.9. The van der Waals surface area contributed by atoms with Gasteiger partial charge in [0.1, 0.15) is 5.25 Å². The molecule has 0 spiro atoms. The highest BCUT2D eigenvalue weighted by Crippen LogP contribution is 2.26. The van der Waals surface area contributed by atoms with Crippen molar-refractivity contribution >= 4 is 33.0 Å². The van der Waals surface area contributed by atoms with Crippen molar-refractivity contribution < 1.29 is 17.9 Å². The van der Waals surface area contributed by atoms with Gasteiger partial charge in [0.2, 0.25) is 5.91 Å². The minimum atomic E-state index is -3.86. The molecule has 0 bridgehead atoms. The number of nitrogen functional groups attached to an aromatic ring is 1. The Labute approximate surface area is 129 Å². The number of carbonyl (C=O) groups excluding carboxylic acids is 1. The number of sulfone groups is 1. The molecular formula is C13H19ClN2O4S. The Morgan fingerprint density at radius 2 is 2.14 bits per heavy atom. The van der Waals surface area contributed by atoms with Crippen molar-refractivity contribution in [1.29, 1.82) is 0 Å². The lowest BCUT2D eigenvalue weighted by Crippen LogP contribution is -2.38. The minimum absolute atomic E-state index is 0.00836. The average Bonchev–Trinajstić information content (AvgIpc) is 2.42. The second kappa shape index (κ2) is 7.63. The fraction of sp³-hybridized carbons (Fsp3) is 0.462. The van der Waals surface area contributed by atoms with Crippen molar-refractivity contribution in [3.8, 4) is 0 Å². The average molecular weight is 335 g/mol. The molecule has 1 rings (SSSR count). The molecule has 1 atom stereocenters. The second-order valence-electron chi connectivity index (χ2n) is 4.51. The monoisotopic (exact) mass is 334 g/mol. The van der Waals surface area contributed by atoms with Crippen LogP contribution in [0.15, 0.2) is 23.1 Å². The van der Waals surface area contributed by atoms with Crippen LogP contribution in [0.3, 0.4) is 0 Å². The molecule has 1 amide bonds. The normalized spacial score (nSPS) is 12.9. The first-order valence-electron chi connectivity index (χ1n) is 6.36. The highest BCUT2D eigenvalue weighted by molar-refractivity contribution is 7.92. The summed E-state index contributed by atoms with van der Waals surface area (Å²) in [5.74, 6) is -0.570. The van der Waals surface area contributed by atoms with Crippen LogP contribution < -0.4 is 11.1 Å². The van der Waals surface area contributed by atoms with E-state index < -0.39 is 21.0 Å². The molecule has 118 valence electrons. The summed E-state index contributed by atoms with van der Waals surface area (Å²) in [5, 5.41) is 1.33. The molecule has 0 aromatic heterocycles. The van der Waals surface area contributed by atoms with Gasteiger partial charge in [0, 0.05) is 25.9 Å². The van der Waals surface area contributed by atoms with Crippen LogP contribution >= 0.6 is 11.6 Å². The Bertz CT molecular complexity index is 604. The Balaban J connectivity index is 2.84. The predicted octanol–water partition coefficient (Wildman–Crippen LogP) is 1.24. The molecule has 1 aromatic rings. The number of methoxy groups -OCH3 is 1. The third-order valence-electron chi connectivity index (χ3n) is 2.92. The fourth-order valence-electron chi connectivity index (χ4n) is 1.65. The predicted molar refractivity (Wildman–Crippen MR) is 82.0 cm³/mol. The molecule has 0 aliphatic rings. The van der Waals surface area contributed by atoms with Crippen LogP contribution in [0.1, 0.15) is 13.3 Å². The first kappa shape index (κ1) is 17.7. The Morgan fingerprint density at radius 3 is 2.71 bits per heavy atom. The Hall–Kier alpha value is -1.31. The number of hydrogen-bond donors (Lipinski definition) is 2. The van der Waals surface area contributed by atoms with E-state index in [4.69, 9.17) is 22.1 Å². The summed E-state index contributed by atoms with van der Waals surface area (Å²) in [6.45, 7) is 2.17. The molecule has 1 unspecified atom stereocenters. The van der Waals surface area contributed by atoms with Gasteiger partial charge in [-0.2, -0.15) is 0 Å². The van der Waals surface area contributed by atoms with Crippen molar-refractivity contribution in [3.05, 3.63) is 23.2 Å². The fourth-order valence-corrected chi connectivity index (χ4v) is 3.50. The zero-order valence-corrected chi connectivity index (χ0v) is 13.5. The van der Waals surface area contributed by atoms with Gasteiger partial charge in [0.15, 0.2) is 9.84 Å². The molecule has 0 aliphatic carbocycles. The quantitative estimate of drug-likeness (QED) is 0.577. The van der Waals surface area contributed by atoms with Gasteiger partial charge in [-0.15, -0.1) is 0 Å². The van der Waals surface area contributed by atoms with Gasteiger partial charge < -0.3 is 15.8 Å². The van der Waals surface area contributed by atoms with Crippen LogP contribution in [0.4, 0.5) is 5.69 Å². The molecule has 0 aliphatic heterocycles. The third kappa shape index (κ3) is 4.59. The summed E-state index contributed by atoms with van der Waals surface area (Å²) in [7, 11) is -2.31. The summed E-state index contributed by atoms with van der Waals surface area (Å²) >= 11 is 5.90. The molecule has 8 heteroatoms.